The maximum Gasteiger partial charge on any atom is 1.00 e. The van der Waals surface area contributed by atoms with Crippen molar-refractivity contribution in [3.05, 3.63) is 150 Å². The Balaban J connectivity index is 0.00000868. The molecular weight excluding hydrogens is 1770 g/mol. The molecule has 4 heterocycles. The molecule has 7 amide bonds. The van der Waals surface area contributed by atoms with E-state index in [9.17, 15) is 83.7 Å². The van der Waals surface area contributed by atoms with E-state index < -0.39 is 134 Å². The number of aliphatic hydroxyl groups is 6. The number of fused-ring (bicyclic) bond motifs is 1. The number of hydrogen-bond acceptors (Lipinski definition) is 31. The number of ketones is 2. The van der Waals surface area contributed by atoms with Gasteiger partial charge in [0, 0.05) is 112 Å². The predicted molar refractivity (Wildman–Crippen MR) is 473 cm³/mol. The molecule has 0 aliphatic carbocycles. The Morgan fingerprint density at radius 3 is 1.54 bits per heavy atom. The van der Waals surface area contributed by atoms with Crippen molar-refractivity contribution in [2.24, 2.45) is 0 Å². The van der Waals surface area contributed by atoms with Gasteiger partial charge in [-0.3, -0.25) is 33.6 Å². The van der Waals surface area contributed by atoms with Gasteiger partial charge in [-0.15, -0.1) is 0 Å². The van der Waals surface area contributed by atoms with Gasteiger partial charge in [0.1, 0.15) is 48.5 Å². The monoisotopic (exact) mass is 1890 g/mol. The van der Waals surface area contributed by atoms with E-state index in [2.05, 4.69) is 37.2 Å². The van der Waals surface area contributed by atoms with Gasteiger partial charge in [0.15, 0.2) is 5.78 Å². The minimum absolute atomic E-state index is 0. The van der Waals surface area contributed by atoms with Gasteiger partial charge in [0.05, 0.1) is 126 Å². The molecule has 5 aromatic carbocycles. The number of aliphatic hydroxyl groups excluding tert-OH is 6. The topological polar surface area (TPSA) is 522 Å². The molecule has 3 unspecified atom stereocenters. The van der Waals surface area contributed by atoms with Gasteiger partial charge < -0.3 is 135 Å². The van der Waals surface area contributed by atoms with Crippen LogP contribution in [0.1, 0.15) is 132 Å². The van der Waals surface area contributed by atoms with Gasteiger partial charge >= 0.3 is 65.1 Å². The third-order valence-corrected chi connectivity index (χ3v) is 25.2. The molecule has 130 heavy (non-hydrogen) atoms. The number of unbranched alkanes of at least 4 members (excludes halogenated alkanes) is 1. The molecule has 14 N–H and O–H groups in total. The summed E-state index contributed by atoms with van der Waals surface area (Å²) in [7, 11) is 0. The summed E-state index contributed by atoms with van der Waals surface area (Å²) in [5.74, 6) is -6.89. The minimum atomic E-state index is -2.64. The van der Waals surface area contributed by atoms with Crippen LogP contribution in [0.2, 0.25) is 0 Å². The molecule has 4 aliphatic heterocycles. The van der Waals surface area contributed by atoms with Gasteiger partial charge in [-0.05, 0) is 121 Å². The van der Waals surface area contributed by atoms with Gasteiger partial charge in [-0.1, -0.05) is 91.3 Å². The molecule has 0 saturated carbocycles. The number of carboxylic acids is 1. The largest absolute Gasteiger partial charge is 1.00 e. The van der Waals surface area contributed by atoms with Crippen LogP contribution in [0.25, 0.3) is 22.3 Å². The van der Waals surface area contributed by atoms with Crippen molar-refractivity contribution in [2.75, 3.05) is 134 Å². The first-order chi connectivity index (χ1) is 61.4. The average molecular weight is 1890 g/mol. The van der Waals surface area contributed by atoms with E-state index in [0.29, 0.717) is 107 Å². The van der Waals surface area contributed by atoms with Crippen molar-refractivity contribution in [1.29, 1.82) is 0 Å². The van der Waals surface area contributed by atoms with Crippen LogP contribution in [0.15, 0.2) is 127 Å². The fraction of sp³-hybridized carbons (Fsp3) is 0.556. The molecule has 4 fully saturated rings. The van der Waals surface area contributed by atoms with E-state index in [0.717, 1.165) is 54.2 Å². The van der Waals surface area contributed by atoms with E-state index in [1.165, 1.54) is 48.6 Å². The zero-order valence-corrected chi connectivity index (χ0v) is 80.3. The Bertz CT molecular complexity index is 4290. The van der Waals surface area contributed by atoms with Crippen LogP contribution in [0.3, 0.4) is 0 Å². The SMILES string of the molecule is CC(=O)N[C@H]1[C@H]([C@H](O)[C@H](O)CNC(=O)c2ccc(-c3ccccc3)cc2)O[C@]([C-]=O)(OCCCSCCNC(=O)c2ccc(C(=O)CCCSCCCO[C@]3(C(=O)[O-])C[C@H](O)[C@@H](NC(C)=O)[C@H]([C@H](O)[C@H](O)CNC(=O)c4ccc(-c5ccccc5)cc4)O3)c(OCCOCCOCCOCCOCCOCCCC(=O)CCCCC3SCC4NC(=O)NC43)c2)C[C@@H]1O.[Na+].[Na+].[OH-]. The molecule has 0 spiro atoms. The summed E-state index contributed by atoms with van der Waals surface area (Å²) in [6.07, 6.45) is -8.00. The second-order valence-corrected chi connectivity index (χ2v) is 34.7. The molecular formula is C90H120N7Na2O28S3-. The number of hydrogen-bond donors (Lipinski definition) is 13. The molecule has 704 valence electrons. The summed E-state index contributed by atoms with van der Waals surface area (Å²) in [4.78, 5) is 128. The van der Waals surface area contributed by atoms with Crippen LogP contribution in [-0.2, 0) is 66.6 Å². The zero-order chi connectivity index (χ0) is 90.9. The van der Waals surface area contributed by atoms with Crippen molar-refractivity contribution in [2.45, 2.75) is 181 Å². The minimum Gasteiger partial charge on any atom is -0.870 e. The fourth-order valence-corrected chi connectivity index (χ4v) is 18.0. The molecule has 40 heteroatoms. The maximum atomic E-state index is 14.0. The smallest absolute Gasteiger partial charge is 0.870 e. The first-order valence-corrected chi connectivity index (χ1v) is 46.3. The fourth-order valence-electron chi connectivity index (χ4n) is 14.8. The Morgan fingerprint density at radius 1 is 0.538 bits per heavy atom. The second-order valence-electron chi connectivity index (χ2n) is 31.0. The number of benzene rings is 5. The summed E-state index contributed by atoms with van der Waals surface area (Å²) >= 11 is 4.75. The number of thioether (sulfide) groups is 3. The van der Waals surface area contributed by atoms with Gasteiger partial charge in [-0.2, -0.15) is 35.3 Å². The van der Waals surface area contributed by atoms with Crippen molar-refractivity contribution < 1.29 is 196 Å². The van der Waals surface area contributed by atoms with Crippen molar-refractivity contribution in [1.82, 2.24) is 37.2 Å². The normalized spacial score (nSPS) is 21.8. The summed E-state index contributed by atoms with van der Waals surface area (Å²) < 4.78 is 57.9. The summed E-state index contributed by atoms with van der Waals surface area (Å²) in [5, 5.41) is 99.9. The van der Waals surface area contributed by atoms with E-state index in [4.69, 9.17) is 47.4 Å². The van der Waals surface area contributed by atoms with E-state index in [1.54, 1.807) is 54.8 Å². The number of rotatable bonds is 60. The Labute approximate surface area is 813 Å². The summed E-state index contributed by atoms with van der Waals surface area (Å²) in [6.45, 7) is 4.25. The first kappa shape index (κ1) is 112. The van der Waals surface area contributed by atoms with Crippen LogP contribution in [0.4, 0.5) is 4.79 Å². The number of nitrogens with one attached hydrogen (secondary N) is 7. The van der Waals surface area contributed by atoms with Gasteiger partial charge in [0.2, 0.25) is 17.6 Å². The van der Waals surface area contributed by atoms with Crippen LogP contribution in [-0.4, -0.2) is 320 Å². The predicted octanol–water partition coefficient (Wildman–Crippen LogP) is -2.77. The molecule has 5 aromatic rings. The van der Waals surface area contributed by atoms with Crippen LogP contribution in [0, 0.1) is 0 Å². The van der Waals surface area contributed by atoms with E-state index >= 15 is 0 Å². The summed E-state index contributed by atoms with van der Waals surface area (Å²) in [5.41, 5.74) is 4.54. The molecule has 4 aliphatic rings. The molecule has 35 nitrogen and oxygen atoms in total. The summed E-state index contributed by atoms with van der Waals surface area (Å²) in [6, 6.07) is 34.5. The molecule has 0 radical (unpaired) electrons. The number of Topliss-reactive ketones (excluding diaryl/α,β-unsaturated/α-hetero) is 2. The molecule has 4 saturated heterocycles. The van der Waals surface area contributed by atoms with E-state index in [1.807, 2.05) is 72.4 Å². The third kappa shape index (κ3) is 36.6. The Morgan fingerprint density at radius 2 is 1.01 bits per heavy atom. The van der Waals surface area contributed by atoms with Crippen LogP contribution >= 0.6 is 35.3 Å². The number of urea groups is 1. The van der Waals surface area contributed by atoms with Gasteiger partial charge in [-0.25, -0.2) is 11.1 Å². The number of carboxylic acid groups (broad SMARTS) is 1. The molecule has 15 atom stereocenters. The zero-order valence-electron chi connectivity index (χ0n) is 73.9. The van der Waals surface area contributed by atoms with Crippen LogP contribution in [0.5, 0.6) is 5.75 Å². The quantitative estimate of drug-likeness (QED) is 0.00616. The first-order valence-electron chi connectivity index (χ1n) is 42.9. The molecule has 0 aromatic heterocycles. The Kier molecular flexibility index (Phi) is 51.8. The second kappa shape index (κ2) is 60.0. The maximum absolute atomic E-state index is 14.0. The number of carbonyl (C=O) groups excluding carboxylic acids is 10. The van der Waals surface area contributed by atoms with E-state index in [-0.39, 0.29) is 181 Å². The van der Waals surface area contributed by atoms with Crippen molar-refractivity contribution >= 4 is 94.7 Å². The number of carbonyl (C=O) groups is 9. The Hall–Kier alpha value is -6.59. The number of amides is 7. The molecule has 9 rings (SSSR count). The molecule has 0 bridgehead atoms. The average Bonchev–Trinajstić information content (AvgIpc) is 0.787. The van der Waals surface area contributed by atoms with Crippen molar-refractivity contribution in [3.8, 4) is 28.0 Å². The van der Waals surface area contributed by atoms with Crippen LogP contribution < -0.4 is 106 Å². The standard InChI is InChI=1S/C90H120N7O27S3.2Na.H2O/c1-58(99)94-78-71(103)52-89(57-98,123-82(78)80(107)73(105)54-92-84(109)64-27-23-62(24-28-64)60-15-5-3-6-16-60)121-35-13-49-126-50-33-91-86(111)66-31-32-68(75(51-66)120-46-45-119-44-43-118-42-41-117-40-39-116-38-37-115-34-11-20-67(101)19-9-10-22-76-77-69(56-127-76)96-88(114)97-77)70(102)21-12-47-125-48-14-36-122-90(87(112)113)53-72(104)79(95-59(2)100)83(124-90)81(108)74(106)55-93-85(110)65-29-25-63(26-30-65)61-17-7-4-8-18-61;;;/h3-8,15-18,23-32,51,69,71-74,76-83,103-108H,9-14,19-22,33-50,52-56H2,1-2H3,(H,91,111)(H,92,109)(H,93,110)(H,94,99)(H,95,100)(H,112,113)(H2,96,97,114);;;1H2/q-1;2*+1;/p-2/t69?,71-,72-,73+,74+,76?,77?,78+,79+,80+,81+,82+,83+,89+,90+;;;/m0.../s1. The third-order valence-electron chi connectivity index (χ3n) is 21.4. The number of aliphatic carboxylic acids is 1. The van der Waals surface area contributed by atoms with Crippen molar-refractivity contribution in [3.63, 3.8) is 0 Å². The van der Waals surface area contributed by atoms with Gasteiger partial charge in [0.25, 0.3) is 17.7 Å². The number of ether oxygens (including phenoxy) is 10.